The van der Waals surface area contributed by atoms with Gasteiger partial charge in [0.1, 0.15) is 10.9 Å². The molecule has 0 radical (unpaired) electrons. The first-order valence-electron chi connectivity index (χ1n) is 13.4. The second kappa shape index (κ2) is 13.4. The van der Waals surface area contributed by atoms with Crippen molar-refractivity contribution in [2.24, 2.45) is 0 Å². The second-order valence-electron chi connectivity index (χ2n) is 10.3. The highest BCUT2D eigenvalue weighted by Crippen LogP contribution is 2.30. The summed E-state index contributed by atoms with van der Waals surface area (Å²) in [6.07, 6.45) is 2.39. The summed E-state index contributed by atoms with van der Waals surface area (Å²) in [5, 5.41) is 5.10. The number of benzene rings is 1. The van der Waals surface area contributed by atoms with E-state index in [0.29, 0.717) is 61.0 Å². The molecule has 2 aromatic rings. The number of rotatable bonds is 4. The Morgan fingerprint density at radius 2 is 1.74 bits per heavy atom. The Balaban J connectivity index is 1.62. The van der Waals surface area contributed by atoms with Crippen LogP contribution < -0.4 is 5.32 Å². The van der Waals surface area contributed by atoms with Crippen LogP contribution in [-0.2, 0) is 9.59 Å². The Hall–Kier alpha value is -2.95. The summed E-state index contributed by atoms with van der Waals surface area (Å²) in [6.45, 7) is 2.51. The van der Waals surface area contributed by atoms with Crippen LogP contribution in [0.15, 0.2) is 41.8 Å². The maximum Gasteiger partial charge on any atom is 0.266 e. The maximum absolute atomic E-state index is 13.7. The molecule has 39 heavy (non-hydrogen) atoms. The Kier molecular flexibility index (Phi) is 9.99. The molecule has 4 amide bonds. The first kappa shape index (κ1) is 29.0. The van der Waals surface area contributed by atoms with Gasteiger partial charge in [0.2, 0.25) is 11.8 Å². The molecule has 2 aliphatic rings. The van der Waals surface area contributed by atoms with Gasteiger partial charge >= 0.3 is 0 Å². The summed E-state index contributed by atoms with van der Waals surface area (Å²) in [4.78, 5) is 61.0. The normalized spacial score (nSPS) is 21.0. The van der Waals surface area contributed by atoms with Crippen LogP contribution in [-0.4, -0.2) is 109 Å². The molecule has 0 spiro atoms. The van der Waals surface area contributed by atoms with Gasteiger partial charge in [0, 0.05) is 38.3 Å². The second-order valence-corrected chi connectivity index (χ2v) is 11.6. The van der Waals surface area contributed by atoms with E-state index in [-0.39, 0.29) is 36.2 Å². The molecule has 1 aromatic carbocycles. The summed E-state index contributed by atoms with van der Waals surface area (Å²) in [5.74, 6) is -0.637. The SMILES string of the molecule is CN(C)CC(=O)N1CCCCNC(=O)[C@@H]2C[C@@H](CN2C(=O)c2sccc2Cl)N(C(=O)c2ccccc2)CCC1. The van der Waals surface area contributed by atoms with Crippen molar-refractivity contribution in [3.63, 3.8) is 0 Å². The minimum absolute atomic E-state index is 0.0441. The summed E-state index contributed by atoms with van der Waals surface area (Å²) >= 11 is 7.53. The minimum Gasteiger partial charge on any atom is -0.354 e. The van der Waals surface area contributed by atoms with Gasteiger partial charge in [-0.15, -0.1) is 11.3 Å². The quantitative estimate of drug-likeness (QED) is 0.607. The summed E-state index contributed by atoms with van der Waals surface area (Å²) in [5.41, 5.74) is 0.547. The van der Waals surface area contributed by atoms with Crippen LogP contribution in [0.3, 0.4) is 0 Å². The van der Waals surface area contributed by atoms with Gasteiger partial charge in [0.25, 0.3) is 11.8 Å². The molecule has 1 aromatic heterocycles. The number of carbonyl (C=O) groups is 4. The lowest BCUT2D eigenvalue weighted by Crippen LogP contribution is -2.46. The van der Waals surface area contributed by atoms with Crippen LogP contribution in [0.25, 0.3) is 0 Å². The third-order valence-electron chi connectivity index (χ3n) is 7.16. The van der Waals surface area contributed by atoms with Crippen LogP contribution >= 0.6 is 22.9 Å². The number of nitrogens with one attached hydrogen (secondary N) is 1. The van der Waals surface area contributed by atoms with Crippen molar-refractivity contribution in [2.75, 3.05) is 53.4 Å². The number of hydrogen-bond acceptors (Lipinski definition) is 6. The number of carbonyl (C=O) groups excluding carboxylic acids is 4. The molecule has 210 valence electrons. The topological polar surface area (TPSA) is 93.3 Å². The van der Waals surface area contributed by atoms with Crippen molar-refractivity contribution in [1.29, 1.82) is 0 Å². The standard InChI is InChI=1S/C28H36ClN5O4S/c1-31(2)19-24(35)32-13-7-6-12-30-26(36)23-17-21(18-34(23)28(38)25-22(29)11-16-39-25)33(15-8-14-32)27(37)20-9-4-3-5-10-20/h3-5,9-11,16,21,23H,6-8,12-15,17-19H2,1-2H3,(H,30,36)/t21-,23-/m0/s1. The first-order valence-corrected chi connectivity index (χ1v) is 14.6. The molecule has 0 saturated carbocycles. The minimum atomic E-state index is -0.701. The van der Waals surface area contributed by atoms with Crippen LogP contribution in [0, 0.1) is 0 Å². The maximum atomic E-state index is 13.7. The highest BCUT2D eigenvalue weighted by molar-refractivity contribution is 7.12. The number of amides is 4. The summed E-state index contributed by atoms with van der Waals surface area (Å²) in [7, 11) is 3.73. The molecule has 1 N–H and O–H groups in total. The van der Waals surface area contributed by atoms with Crippen molar-refractivity contribution in [3.05, 3.63) is 57.2 Å². The summed E-state index contributed by atoms with van der Waals surface area (Å²) < 4.78 is 0. The molecule has 3 heterocycles. The fourth-order valence-electron chi connectivity index (χ4n) is 5.21. The van der Waals surface area contributed by atoms with Crippen molar-refractivity contribution < 1.29 is 19.2 Å². The molecule has 11 heteroatoms. The van der Waals surface area contributed by atoms with E-state index in [1.54, 1.807) is 33.4 Å². The molecule has 2 atom stereocenters. The van der Waals surface area contributed by atoms with Gasteiger partial charge < -0.3 is 24.9 Å². The van der Waals surface area contributed by atoms with Gasteiger partial charge in [-0.25, -0.2) is 0 Å². The number of likely N-dealkylation sites (tertiary alicyclic amines) is 1. The number of likely N-dealkylation sites (N-methyl/N-ethyl adjacent to an activating group) is 1. The zero-order valence-electron chi connectivity index (χ0n) is 22.5. The third-order valence-corrected chi connectivity index (χ3v) is 8.49. The van der Waals surface area contributed by atoms with E-state index in [1.807, 2.05) is 42.1 Å². The molecule has 0 aliphatic carbocycles. The summed E-state index contributed by atoms with van der Waals surface area (Å²) in [6, 6.07) is 9.65. The molecule has 9 nitrogen and oxygen atoms in total. The number of nitrogens with zero attached hydrogens (tertiary/aromatic N) is 4. The van der Waals surface area contributed by atoms with E-state index in [2.05, 4.69) is 5.32 Å². The smallest absolute Gasteiger partial charge is 0.266 e. The molecular weight excluding hydrogens is 538 g/mol. The predicted molar refractivity (Wildman–Crippen MR) is 152 cm³/mol. The third kappa shape index (κ3) is 7.17. The number of hydrogen-bond donors (Lipinski definition) is 1. The Morgan fingerprint density at radius 3 is 2.44 bits per heavy atom. The van der Waals surface area contributed by atoms with Gasteiger partial charge in [0.05, 0.1) is 17.6 Å². The molecule has 2 saturated heterocycles. The highest BCUT2D eigenvalue weighted by Gasteiger charge is 2.44. The zero-order valence-corrected chi connectivity index (χ0v) is 24.0. The number of halogens is 1. The zero-order chi connectivity index (χ0) is 27.9. The van der Waals surface area contributed by atoms with E-state index in [4.69, 9.17) is 11.6 Å². The lowest BCUT2D eigenvalue weighted by Gasteiger charge is -2.31. The van der Waals surface area contributed by atoms with Crippen LogP contribution in [0.4, 0.5) is 0 Å². The van der Waals surface area contributed by atoms with Crippen LogP contribution in [0.5, 0.6) is 0 Å². The van der Waals surface area contributed by atoms with Crippen molar-refractivity contribution in [3.8, 4) is 0 Å². The average Bonchev–Trinajstić information content (AvgIpc) is 3.55. The van der Waals surface area contributed by atoms with E-state index in [0.717, 1.165) is 12.8 Å². The Bertz CT molecular complexity index is 1170. The molecule has 2 fully saturated rings. The largest absolute Gasteiger partial charge is 0.354 e. The van der Waals surface area contributed by atoms with Crippen LogP contribution in [0.2, 0.25) is 5.02 Å². The van der Waals surface area contributed by atoms with Crippen molar-refractivity contribution in [1.82, 2.24) is 24.9 Å². The van der Waals surface area contributed by atoms with Gasteiger partial charge in [-0.05, 0) is 63.4 Å². The fraction of sp³-hybridized carbons (Fsp3) is 0.500. The fourth-order valence-corrected chi connectivity index (χ4v) is 6.30. The van der Waals surface area contributed by atoms with E-state index < -0.39 is 6.04 Å². The van der Waals surface area contributed by atoms with E-state index in [1.165, 1.54) is 11.3 Å². The predicted octanol–water partition coefficient (Wildman–Crippen LogP) is 2.82. The Labute approximate surface area is 238 Å². The molecule has 2 bridgehead atoms. The monoisotopic (exact) mass is 573 g/mol. The highest BCUT2D eigenvalue weighted by atomic mass is 35.5. The van der Waals surface area contributed by atoms with Crippen molar-refractivity contribution in [2.45, 2.75) is 37.8 Å². The molecule has 0 unspecified atom stereocenters. The van der Waals surface area contributed by atoms with Gasteiger partial charge in [0.15, 0.2) is 0 Å². The number of fused-ring (bicyclic) bond motifs is 2. The lowest BCUT2D eigenvalue weighted by molar-refractivity contribution is -0.132. The first-order chi connectivity index (χ1) is 18.8. The molecule has 4 rings (SSSR count). The average molecular weight is 574 g/mol. The number of thiophene rings is 1. The van der Waals surface area contributed by atoms with E-state index in [9.17, 15) is 19.2 Å². The van der Waals surface area contributed by atoms with Crippen LogP contribution in [0.1, 0.15) is 45.7 Å². The Morgan fingerprint density at radius 1 is 1.00 bits per heavy atom. The van der Waals surface area contributed by atoms with Gasteiger partial charge in [-0.2, -0.15) is 0 Å². The van der Waals surface area contributed by atoms with Gasteiger partial charge in [-0.3, -0.25) is 19.2 Å². The van der Waals surface area contributed by atoms with Crippen molar-refractivity contribution >= 4 is 46.6 Å². The molecular formula is C28H36ClN5O4S. The molecule has 2 aliphatic heterocycles. The lowest BCUT2D eigenvalue weighted by atomic mass is 10.1. The van der Waals surface area contributed by atoms with Gasteiger partial charge in [-0.1, -0.05) is 29.8 Å². The van der Waals surface area contributed by atoms with E-state index >= 15 is 0 Å².